The number of urea groups is 1. The Morgan fingerprint density at radius 3 is 2.26 bits per heavy atom. The molecule has 13 heteroatoms. The fourth-order valence-corrected chi connectivity index (χ4v) is 7.48. The Kier molecular flexibility index (Phi) is 12.0. The SMILES string of the molecule is O=C(NCc1ccccc1-c1ccc([C@H]2O[C@@H](CSc3nnnn3-c3ccc(O)cc3)C[C@@H](c3ccc(CO)cc3)O2)cc1)Nc1ccc(Oc2ccccc2)cc1. The van der Waals surface area contributed by atoms with Crippen molar-refractivity contribution in [1.29, 1.82) is 0 Å². The molecule has 0 saturated carbocycles. The van der Waals surface area contributed by atoms with Crippen LogP contribution in [0, 0.1) is 0 Å². The van der Waals surface area contributed by atoms with Crippen LogP contribution in [0.5, 0.6) is 17.2 Å². The second-order valence-corrected chi connectivity index (χ2v) is 14.6. The summed E-state index contributed by atoms with van der Waals surface area (Å²) < 4.78 is 20.7. The number of aliphatic hydroxyl groups excluding tert-OH is 1. The lowest BCUT2D eigenvalue weighted by Gasteiger charge is -2.36. The van der Waals surface area contributed by atoms with Crippen LogP contribution >= 0.6 is 11.8 Å². The van der Waals surface area contributed by atoms with E-state index in [2.05, 4.69) is 26.2 Å². The van der Waals surface area contributed by atoms with E-state index in [4.69, 9.17) is 14.2 Å². The van der Waals surface area contributed by atoms with Gasteiger partial charge in [0.15, 0.2) is 6.29 Å². The summed E-state index contributed by atoms with van der Waals surface area (Å²) in [5.74, 6) is 2.13. The van der Waals surface area contributed by atoms with Crippen LogP contribution in [0.2, 0.25) is 0 Å². The summed E-state index contributed by atoms with van der Waals surface area (Å²) in [6.07, 6.45) is -0.524. The van der Waals surface area contributed by atoms with Crippen LogP contribution in [0.4, 0.5) is 10.5 Å². The van der Waals surface area contributed by atoms with Gasteiger partial charge >= 0.3 is 6.03 Å². The van der Waals surface area contributed by atoms with Crippen molar-refractivity contribution in [2.75, 3.05) is 11.1 Å². The minimum absolute atomic E-state index is 0.0359. The Balaban J connectivity index is 0.930. The smallest absolute Gasteiger partial charge is 0.319 e. The molecule has 58 heavy (non-hydrogen) atoms. The molecule has 6 aromatic carbocycles. The Morgan fingerprint density at radius 1 is 0.793 bits per heavy atom. The maximum absolute atomic E-state index is 12.9. The zero-order valence-electron chi connectivity index (χ0n) is 31.2. The highest BCUT2D eigenvalue weighted by Gasteiger charge is 2.33. The molecule has 1 aliphatic heterocycles. The third kappa shape index (κ3) is 9.53. The Morgan fingerprint density at radius 2 is 1.50 bits per heavy atom. The third-order valence-corrected chi connectivity index (χ3v) is 10.6. The normalized spacial score (nSPS) is 16.4. The van der Waals surface area contributed by atoms with E-state index >= 15 is 0 Å². The number of aromatic nitrogens is 4. The second kappa shape index (κ2) is 18.2. The number of para-hydroxylation sites is 1. The summed E-state index contributed by atoms with van der Waals surface area (Å²) in [5.41, 5.74) is 6.99. The molecule has 1 aromatic heterocycles. The van der Waals surface area contributed by atoms with E-state index in [1.54, 1.807) is 41.1 Å². The molecule has 7 aromatic rings. The van der Waals surface area contributed by atoms with Crippen molar-refractivity contribution in [2.24, 2.45) is 0 Å². The summed E-state index contributed by atoms with van der Waals surface area (Å²) in [6.45, 7) is 0.283. The molecule has 0 aliphatic carbocycles. The molecule has 3 atom stereocenters. The van der Waals surface area contributed by atoms with Crippen LogP contribution in [0.25, 0.3) is 16.8 Å². The van der Waals surface area contributed by atoms with Gasteiger partial charge in [-0.15, -0.1) is 5.10 Å². The number of benzene rings is 6. The standard InChI is InChI=1S/C45H40N6O6S/c52-28-30-10-12-32(13-11-30)42-26-40(29-58-45-48-49-50-51(45)36-20-22-37(53)23-21-36)56-43(57-42)33-16-14-31(15-17-33)41-9-5-4-6-34(41)27-46-44(54)47-35-18-24-39(25-19-35)55-38-7-2-1-3-8-38/h1-25,40,42-43,52-53H,26-29H2,(H2,46,47,54)/t40-,42+,43+/m1/s1. The largest absolute Gasteiger partial charge is 0.508 e. The quantitative estimate of drug-likeness (QED) is 0.0833. The number of carbonyl (C=O) groups is 1. The van der Waals surface area contributed by atoms with Crippen LogP contribution in [-0.4, -0.2) is 48.3 Å². The van der Waals surface area contributed by atoms with Gasteiger partial charge in [0, 0.05) is 30.0 Å². The summed E-state index contributed by atoms with van der Waals surface area (Å²) in [7, 11) is 0. The number of thioether (sulfide) groups is 1. The first-order chi connectivity index (χ1) is 28.5. The Hall–Kier alpha value is -6.51. The minimum atomic E-state index is -0.649. The number of amides is 2. The van der Waals surface area contributed by atoms with E-state index in [1.807, 2.05) is 115 Å². The van der Waals surface area contributed by atoms with Gasteiger partial charge in [0.25, 0.3) is 0 Å². The van der Waals surface area contributed by atoms with Crippen molar-refractivity contribution in [1.82, 2.24) is 25.5 Å². The highest BCUT2D eigenvalue weighted by Crippen LogP contribution is 2.40. The number of aromatic hydroxyl groups is 1. The van der Waals surface area contributed by atoms with Gasteiger partial charge in [0.2, 0.25) is 5.16 Å². The molecule has 4 N–H and O–H groups in total. The van der Waals surface area contributed by atoms with Crippen molar-refractivity contribution >= 4 is 23.5 Å². The van der Waals surface area contributed by atoms with Crippen LogP contribution in [0.15, 0.2) is 157 Å². The highest BCUT2D eigenvalue weighted by molar-refractivity contribution is 7.99. The monoisotopic (exact) mass is 792 g/mol. The number of aliphatic hydroxyl groups is 1. The van der Waals surface area contributed by atoms with Crippen molar-refractivity contribution in [3.05, 3.63) is 174 Å². The van der Waals surface area contributed by atoms with Gasteiger partial charge in [-0.2, -0.15) is 4.68 Å². The number of nitrogens with zero attached hydrogens (tertiary/aromatic N) is 4. The Labute approximate surface area is 339 Å². The second-order valence-electron chi connectivity index (χ2n) is 13.6. The lowest BCUT2D eigenvalue weighted by atomic mass is 9.98. The van der Waals surface area contributed by atoms with Gasteiger partial charge in [-0.1, -0.05) is 103 Å². The highest BCUT2D eigenvalue weighted by atomic mass is 32.2. The van der Waals surface area contributed by atoms with Gasteiger partial charge < -0.3 is 35.1 Å². The molecular weight excluding hydrogens is 753 g/mol. The first-order valence-electron chi connectivity index (χ1n) is 18.7. The van der Waals surface area contributed by atoms with Crippen LogP contribution in [-0.2, 0) is 22.6 Å². The van der Waals surface area contributed by atoms with Crippen molar-refractivity contribution in [3.8, 4) is 34.1 Å². The van der Waals surface area contributed by atoms with Crippen LogP contribution in [0.1, 0.15) is 41.1 Å². The maximum Gasteiger partial charge on any atom is 0.319 e. The average molecular weight is 793 g/mol. The van der Waals surface area contributed by atoms with E-state index in [0.717, 1.165) is 44.8 Å². The summed E-state index contributed by atoms with van der Waals surface area (Å²) in [5, 5.41) is 38.1. The van der Waals surface area contributed by atoms with Gasteiger partial charge in [0.1, 0.15) is 17.2 Å². The Bertz CT molecular complexity index is 2410. The number of phenols is 1. The molecule has 2 heterocycles. The molecule has 0 spiro atoms. The number of carbonyl (C=O) groups excluding carboxylic acids is 1. The van der Waals surface area contributed by atoms with E-state index in [9.17, 15) is 15.0 Å². The lowest BCUT2D eigenvalue weighted by molar-refractivity contribution is -0.245. The first-order valence-corrected chi connectivity index (χ1v) is 19.7. The number of nitrogens with one attached hydrogen (secondary N) is 2. The molecule has 12 nitrogen and oxygen atoms in total. The number of hydrogen-bond donors (Lipinski definition) is 4. The van der Waals surface area contributed by atoms with Crippen LogP contribution in [0.3, 0.4) is 0 Å². The number of hydrogen-bond acceptors (Lipinski definition) is 10. The van der Waals surface area contributed by atoms with Crippen molar-refractivity contribution < 1.29 is 29.2 Å². The first kappa shape index (κ1) is 38.4. The molecule has 0 bridgehead atoms. The maximum atomic E-state index is 12.9. The molecule has 8 rings (SSSR count). The summed E-state index contributed by atoms with van der Waals surface area (Å²) in [6, 6.07) is 47.0. The molecule has 0 unspecified atom stereocenters. The van der Waals surface area contributed by atoms with Gasteiger partial charge in [-0.3, -0.25) is 0 Å². The van der Waals surface area contributed by atoms with E-state index in [1.165, 1.54) is 11.8 Å². The topological polar surface area (TPSA) is 153 Å². The molecular formula is C45H40N6O6S. The van der Waals surface area contributed by atoms with E-state index in [-0.39, 0.29) is 30.6 Å². The molecule has 2 amide bonds. The summed E-state index contributed by atoms with van der Waals surface area (Å²) >= 11 is 1.48. The zero-order valence-corrected chi connectivity index (χ0v) is 32.0. The molecule has 1 fully saturated rings. The molecule has 1 saturated heterocycles. The number of anilines is 1. The number of phenolic OH excluding ortho intramolecular Hbond substituents is 1. The zero-order chi connectivity index (χ0) is 39.7. The van der Waals surface area contributed by atoms with Gasteiger partial charge in [-0.25, -0.2) is 4.79 Å². The van der Waals surface area contributed by atoms with Crippen LogP contribution < -0.4 is 15.4 Å². The van der Waals surface area contributed by atoms with E-state index < -0.39 is 6.29 Å². The fraction of sp³-hybridized carbons (Fsp3) is 0.156. The molecule has 1 aliphatic rings. The number of rotatable bonds is 13. The molecule has 0 radical (unpaired) electrons. The van der Waals surface area contributed by atoms with Gasteiger partial charge in [0.05, 0.1) is 24.5 Å². The third-order valence-electron chi connectivity index (χ3n) is 9.59. The number of ether oxygens (including phenoxy) is 3. The number of tetrazole rings is 1. The molecule has 292 valence electrons. The summed E-state index contributed by atoms with van der Waals surface area (Å²) in [4.78, 5) is 12.9. The predicted octanol–water partition coefficient (Wildman–Crippen LogP) is 8.98. The lowest BCUT2D eigenvalue weighted by Crippen LogP contribution is -2.31. The predicted molar refractivity (Wildman–Crippen MR) is 221 cm³/mol. The van der Waals surface area contributed by atoms with Gasteiger partial charge in [-0.05, 0) is 98.9 Å². The minimum Gasteiger partial charge on any atom is -0.508 e. The van der Waals surface area contributed by atoms with Crippen molar-refractivity contribution in [2.45, 2.75) is 43.2 Å². The fourth-order valence-electron chi connectivity index (χ4n) is 6.57. The van der Waals surface area contributed by atoms with E-state index in [0.29, 0.717) is 35.3 Å². The average Bonchev–Trinajstić information content (AvgIpc) is 3.75. The van der Waals surface area contributed by atoms with Crippen molar-refractivity contribution in [3.63, 3.8) is 0 Å².